The quantitative estimate of drug-likeness (QED) is 0.311. The minimum Gasteiger partial charge on any atom is -0.489 e. The highest BCUT2D eigenvalue weighted by Crippen LogP contribution is 2.15. The molecule has 0 N–H and O–H groups in total. The summed E-state index contributed by atoms with van der Waals surface area (Å²) in [5.41, 5.74) is 1.99. The number of nitriles is 2. The van der Waals surface area contributed by atoms with Crippen molar-refractivity contribution in [1.82, 2.24) is 4.90 Å². The molecule has 0 unspecified atom stereocenters. The molecule has 0 aromatic heterocycles. The van der Waals surface area contributed by atoms with Gasteiger partial charge in [-0.1, -0.05) is 42.5 Å². The molecule has 0 spiro atoms. The first-order valence-electron chi connectivity index (χ1n) is 9.98. The topological polar surface area (TPSA) is 86.4 Å². The standard InChI is InChI=1S/C25H25N3O3/c1-2-28(14-6-9-23(18-26)19-27)15-16-30-25(29)17-21-10-12-24(13-11-21)31-20-22-7-4-3-5-8-22/h3-14H,2,15-17,20H2,1H3. The third-order valence-corrected chi connectivity index (χ3v) is 4.37. The van der Waals surface area contributed by atoms with Gasteiger partial charge >= 0.3 is 5.97 Å². The lowest BCUT2D eigenvalue weighted by molar-refractivity contribution is -0.143. The Morgan fingerprint density at radius 3 is 2.39 bits per heavy atom. The van der Waals surface area contributed by atoms with Crippen LogP contribution in [0.5, 0.6) is 5.75 Å². The Kier molecular flexibility index (Phi) is 9.93. The maximum absolute atomic E-state index is 12.1. The van der Waals surface area contributed by atoms with Crippen molar-refractivity contribution in [2.24, 2.45) is 0 Å². The summed E-state index contributed by atoms with van der Waals surface area (Å²) in [6, 6.07) is 20.9. The molecule has 0 heterocycles. The van der Waals surface area contributed by atoms with E-state index in [1.807, 2.05) is 66.4 Å². The van der Waals surface area contributed by atoms with Crippen LogP contribution in [0.3, 0.4) is 0 Å². The molecule has 0 aliphatic carbocycles. The molecule has 6 nitrogen and oxygen atoms in total. The summed E-state index contributed by atoms with van der Waals surface area (Å²) in [6.45, 7) is 3.94. The fourth-order valence-corrected chi connectivity index (χ4v) is 2.64. The van der Waals surface area contributed by atoms with E-state index in [1.54, 1.807) is 24.4 Å². The smallest absolute Gasteiger partial charge is 0.310 e. The lowest BCUT2D eigenvalue weighted by Gasteiger charge is -2.17. The summed E-state index contributed by atoms with van der Waals surface area (Å²) in [4.78, 5) is 14.0. The van der Waals surface area contributed by atoms with E-state index >= 15 is 0 Å². The molecule has 158 valence electrons. The van der Waals surface area contributed by atoms with Gasteiger partial charge in [0.05, 0.1) is 13.0 Å². The molecule has 2 aromatic rings. The highest BCUT2D eigenvalue weighted by molar-refractivity contribution is 5.72. The van der Waals surface area contributed by atoms with Gasteiger partial charge in [0.15, 0.2) is 0 Å². The van der Waals surface area contributed by atoms with Crippen LogP contribution in [0.4, 0.5) is 0 Å². The van der Waals surface area contributed by atoms with Crippen molar-refractivity contribution < 1.29 is 14.3 Å². The number of rotatable bonds is 11. The van der Waals surface area contributed by atoms with E-state index in [-0.39, 0.29) is 24.6 Å². The van der Waals surface area contributed by atoms with Crippen LogP contribution in [0, 0.1) is 22.7 Å². The number of benzene rings is 2. The van der Waals surface area contributed by atoms with Crippen molar-refractivity contribution in [3.63, 3.8) is 0 Å². The number of likely N-dealkylation sites (N-methyl/N-ethyl adjacent to an activating group) is 1. The molecule has 0 atom stereocenters. The minimum atomic E-state index is -0.297. The largest absolute Gasteiger partial charge is 0.489 e. The van der Waals surface area contributed by atoms with E-state index in [9.17, 15) is 4.79 Å². The fourth-order valence-electron chi connectivity index (χ4n) is 2.64. The van der Waals surface area contributed by atoms with Crippen LogP contribution < -0.4 is 4.74 Å². The molecule has 2 aromatic carbocycles. The van der Waals surface area contributed by atoms with Crippen molar-refractivity contribution in [3.05, 3.63) is 89.6 Å². The predicted molar refractivity (Wildman–Crippen MR) is 118 cm³/mol. The van der Waals surface area contributed by atoms with E-state index in [2.05, 4.69) is 0 Å². The van der Waals surface area contributed by atoms with Gasteiger partial charge in [0.25, 0.3) is 0 Å². The number of carbonyl (C=O) groups excluding carboxylic acids is 1. The highest BCUT2D eigenvalue weighted by Gasteiger charge is 2.06. The SMILES string of the molecule is CCN(C=CC=C(C#N)C#N)CCOC(=O)Cc1ccc(OCc2ccccc2)cc1. The third-order valence-electron chi connectivity index (χ3n) is 4.37. The Morgan fingerprint density at radius 1 is 1.03 bits per heavy atom. The average molecular weight is 415 g/mol. The number of allylic oxidation sites excluding steroid dienone is 3. The first kappa shape index (κ1) is 23.3. The maximum atomic E-state index is 12.1. The van der Waals surface area contributed by atoms with Gasteiger partial charge in [-0.3, -0.25) is 4.79 Å². The second-order valence-corrected chi connectivity index (χ2v) is 6.59. The fraction of sp³-hybridized carbons (Fsp3) is 0.240. The van der Waals surface area contributed by atoms with Crippen LogP contribution in [-0.4, -0.2) is 30.6 Å². The summed E-state index contributed by atoms with van der Waals surface area (Å²) < 4.78 is 11.1. The van der Waals surface area contributed by atoms with Crippen LogP contribution in [0.15, 0.2) is 78.5 Å². The van der Waals surface area contributed by atoms with Crippen LogP contribution in [0.25, 0.3) is 0 Å². The number of hydrogen-bond donors (Lipinski definition) is 0. The Bertz CT molecular complexity index is 952. The lowest BCUT2D eigenvalue weighted by Crippen LogP contribution is -2.23. The molecule has 0 aliphatic rings. The van der Waals surface area contributed by atoms with Crippen molar-refractivity contribution in [3.8, 4) is 17.9 Å². The summed E-state index contributed by atoms with van der Waals surface area (Å²) >= 11 is 0. The summed E-state index contributed by atoms with van der Waals surface area (Å²) in [7, 11) is 0. The number of nitrogens with zero attached hydrogens (tertiary/aromatic N) is 3. The van der Waals surface area contributed by atoms with E-state index in [1.165, 1.54) is 6.08 Å². The molecule has 6 heteroatoms. The molecule has 0 radical (unpaired) electrons. The van der Waals surface area contributed by atoms with Crippen molar-refractivity contribution in [1.29, 1.82) is 10.5 Å². The maximum Gasteiger partial charge on any atom is 0.310 e. The van der Waals surface area contributed by atoms with E-state index in [0.717, 1.165) is 16.9 Å². The Hall–Kier alpha value is -4.03. The third kappa shape index (κ3) is 8.89. The summed E-state index contributed by atoms with van der Waals surface area (Å²) in [6.07, 6.45) is 5.03. The number of hydrogen-bond acceptors (Lipinski definition) is 6. The van der Waals surface area contributed by atoms with Crippen molar-refractivity contribution >= 4 is 5.97 Å². The monoisotopic (exact) mass is 415 g/mol. The first-order valence-corrected chi connectivity index (χ1v) is 9.98. The van der Waals surface area contributed by atoms with E-state index in [0.29, 0.717) is 19.7 Å². The second-order valence-electron chi connectivity index (χ2n) is 6.59. The zero-order valence-corrected chi connectivity index (χ0v) is 17.5. The minimum absolute atomic E-state index is 0.0372. The van der Waals surface area contributed by atoms with Gasteiger partial charge in [-0.2, -0.15) is 10.5 Å². The first-order chi connectivity index (χ1) is 15.1. The zero-order valence-electron chi connectivity index (χ0n) is 17.5. The molecule has 0 bridgehead atoms. The molecular weight excluding hydrogens is 390 g/mol. The summed E-state index contributed by atoms with van der Waals surface area (Å²) in [5.74, 6) is 0.450. The highest BCUT2D eigenvalue weighted by atomic mass is 16.5. The van der Waals surface area contributed by atoms with Crippen LogP contribution in [0.1, 0.15) is 18.1 Å². The molecular formula is C25H25N3O3. The van der Waals surface area contributed by atoms with E-state index in [4.69, 9.17) is 20.0 Å². The van der Waals surface area contributed by atoms with Crippen LogP contribution in [0.2, 0.25) is 0 Å². The molecule has 0 saturated heterocycles. The van der Waals surface area contributed by atoms with Crippen LogP contribution >= 0.6 is 0 Å². The molecule has 31 heavy (non-hydrogen) atoms. The number of esters is 1. The van der Waals surface area contributed by atoms with Gasteiger partial charge in [-0.05, 0) is 48.5 Å². The van der Waals surface area contributed by atoms with Gasteiger partial charge in [-0.15, -0.1) is 0 Å². The molecule has 0 amide bonds. The predicted octanol–water partition coefficient (Wildman–Crippen LogP) is 4.16. The molecule has 0 aliphatic heterocycles. The Balaban J connectivity index is 1.73. The average Bonchev–Trinajstić information content (AvgIpc) is 2.81. The van der Waals surface area contributed by atoms with E-state index < -0.39 is 0 Å². The Labute approximate surface area is 183 Å². The number of ether oxygens (including phenoxy) is 2. The van der Waals surface area contributed by atoms with Crippen molar-refractivity contribution in [2.45, 2.75) is 20.0 Å². The van der Waals surface area contributed by atoms with Crippen LogP contribution in [-0.2, 0) is 22.6 Å². The van der Waals surface area contributed by atoms with Gasteiger partial charge in [0.1, 0.15) is 36.7 Å². The van der Waals surface area contributed by atoms with Gasteiger partial charge in [0.2, 0.25) is 0 Å². The molecule has 2 rings (SSSR count). The van der Waals surface area contributed by atoms with Crippen molar-refractivity contribution in [2.75, 3.05) is 19.7 Å². The number of carbonyl (C=O) groups is 1. The normalized spacial score (nSPS) is 10.0. The van der Waals surface area contributed by atoms with Gasteiger partial charge in [-0.25, -0.2) is 0 Å². The summed E-state index contributed by atoms with van der Waals surface area (Å²) in [5, 5.41) is 17.4. The zero-order chi connectivity index (χ0) is 22.3. The van der Waals surface area contributed by atoms with Gasteiger partial charge in [0, 0.05) is 6.54 Å². The molecule has 0 saturated carbocycles. The van der Waals surface area contributed by atoms with Gasteiger partial charge < -0.3 is 14.4 Å². The Morgan fingerprint density at radius 2 is 1.74 bits per heavy atom. The molecule has 0 fully saturated rings. The lowest BCUT2D eigenvalue weighted by atomic mass is 10.1. The second kappa shape index (κ2) is 13.2.